The van der Waals surface area contributed by atoms with Crippen molar-refractivity contribution in [2.45, 2.75) is 24.2 Å². The van der Waals surface area contributed by atoms with Crippen LogP contribution in [0.2, 0.25) is 0 Å². The molecule has 0 spiro atoms. The summed E-state index contributed by atoms with van der Waals surface area (Å²) >= 11 is 1.77. The van der Waals surface area contributed by atoms with Gasteiger partial charge in [0.25, 0.3) is 0 Å². The second-order valence-corrected chi connectivity index (χ2v) is 6.27. The van der Waals surface area contributed by atoms with Crippen LogP contribution in [0.3, 0.4) is 0 Å². The molecule has 0 unspecified atom stereocenters. The van der Waals surface area contributed by atoms with Crippen molar-refractivity contribution in [1.82, 2.24) is 0 Å². The van der Waals surface area contributed by atoms with Crippen molar-refractivity contribution in [2.75, 3.05) is 26.0 Å². The zero-order valence-corrected chi connectivity index (χ0v) is 11.6. The Morgan fingerprint density at radius 2 is 1.88 bits per heavy atom. The van der Waals surface area contributed by atoms with E-state index in [1.807, 2.05) is 0 Å². The summed E-state index contributed by atoms with van der Waals surface area (Å²) < 4.78 is 5.48. The van der Waals surface area contributed by atoms with E-state index in [4.69, 9.17) is 10.5 Å². The number of benzene rings is 1. The molecule has 0 aliphatic carbocycles. The maximum atomic E-state index is 5.94. The molecular formula is C14H21NOS. The monoisotopic (exact) mass is 251 g/mol. The van der Waals surface area contributed by atoms with Gasteiger partial charge in [-0.15, -0.1) is 11.8 Å². The van der Waals surface area contributed by atoms with E-state index < -0.39 is 0 Å². The van der Waals surface area contributed by atoms with Gasteiger partial charge >= 0.3 is 0 Å². The van der Waals surface area contributed by atoms with E-state index in [2.05, 4.69) is 44.4 Å². The highest BCUT2D eigenvalue weighted by molar-refractivity contribution is 7.98. The van der Waals surface area contributed by atoms with Crippen molar-refractivity contribution in [1.29, 1.82) is 0 Å². The first-order valence-electron chi connectivity index (χ1n) is 5.98. The number of nitrogens with two attached hydrogens (primary N) is 1. The van der Waals surface area contributed by atoms with E-state index >= 15 is 0 Å². The molecule has 3 heteroatoms. The average molecular weight is 251 g/mol. The Balaban J connectivity index is 2.34. The van der Waals surface area contributed by atoms with Crippen LogP contribution in [0, 0.1) is 5.41 Å². The van der Waals surface area contributed by atoms with Gasteiger partial charge in [-0.2, -0.15) is 0 Å². The van der Waals surface area contributed by atoms with Gasteiger partial charge in [-0.1, -0.05) is 26.0 Å². The van der Waals surface area contributed by atoms with Crippen LogP contribution < -0.4 is 5.73 Å². The molecule has 0 bridgehead atoms. The second kappa shape index (κ2) is 4.63. The van der Waals surface area contributed by atoms with Gasteiger partial charge in [-0.25, -0.2) is 0 Å². The molecule has 1 aromatic carbocycles. The van der Waals surface area contributed by atoms with Gasteiger partial charge in [0.15, 0.2) is 0 Å². The smallest absolute Gasteiger partial charge is 0.0591 e. The van der Waals surface area contributed by atoms with Gasteiger partial charge in [0.05, 0.1) is 13.2 Å². The Hall–Kier alpha value is -0.510. The van der Waals surface area contributed by atoms with Crippen LogP contribution in [0.25, 0.3) is 0 Å². The Labute approximate surface area is 108 Å². The van der Waals surface area contributed by atoms with Crippen molar-refractivity contribution in [3.63, 3.8) is 0 Å². The molecular weight excluding hydrogens is 230 g/mol. The summed E-state index contributed by atoms with van der Waals surface area (Å²) in [6.07, 6.45) is 2.10. The average Bonchev–Trinajstić information content (AvgIpc) is 2.28. The third-order valence-electron chi connectivity index (χ3n) is 4.15. The molecule has 0 saturated carbocycles. The molecule has 1 saturated heterocycles. The highest BCUT2D eigenvalue weighted by Gasteiger charge is 2.51. The normalized spacial score (nSPS) is 18.8. The SMILES string of the molecule is CSc1ccc(C2(C(C)(C)CN)COC2)cc1. The van der Waals surface area contributed by atoms with Gasteiger partial charge in [-0.3, -0.25) is 0 Å². The molecule has 0 radical (unpaired) electrons. The minimum atomic E-state index is 0.0755. The highest BCUT2D eigenvalue weighted by Crippen LogP contribution is 2.46. The Morgan fingerprint density at radius 1 is 1.29 bits per heavy atom. The van der Waals surface area contributed by atoms with E-state index in [-0.39, 0.29) is 10.8 Å². The topological polar surface area (TPSA) is 35.2 Å². The lowest BCUT2D eigenvalue weighted by molar-refractivity contribution is -0.116. The Morgan fingerprint density at radius 3 is 2.24 bits per heavy atom. The predicted molar refractivity (Wildman–Crippen MR) is 73.6 cm³/mol. The summed E-state index contributed by atoms with van der Waals surface area (Å²) in [7, 11) is 0. The maximum absolute atomic E-state index is 5.94. The summed E-state index contributed by atoms with van der Waals surface area (Å²) in [4.78, 5) is 1.30. The Bertz CT molecular complexity index is 382. The highest BCUT2D eigenvalue weighted by atomic mass is 32.2. The quantitative estimate of drug-likeness (QED) is 0.836. The molecule has 94 valence electrons. The number of ether oxygens (including phenoxy) is 1. The maximum Gasteiger partial charge on any atom is 0.0591 e. The van der Waals surface area contributed by atoms with Crippen LogP contribution in [0.5, 0.6) is 0 Å². The van der Waals surface area contributed by atoms with E-state index in [1.165, 1.54) is 10.5 Å². The molecule has 0 atom stereocenters. The molecule has 2 rings (SSSR count). The molecule has 2 N–H and O–H groups in total. The molecule has 2 nitrogen and oxygen atoms in total. The minimum Gasteiger partial charge on any atom is -0.379 e. The molecule has 17 heavy (non-hydrogen) atoms. The third kappa shape index (κ3) is 2.01. The lowest BCUT2D eigenvalue weighted by Crippen LogP contribution is -2.59. The molecule has 0 aromatic heterocycles. The summed E-state index contributed by atoms with van der Waals surface area (Å²) in [5.74, 6) is 0. The molecule has 0 amide bonds. The summed E-state index contributed by atoms with van der Waals surface area (Å²) in [6, 6.07) is 8.83. The van der Waals surface area contributed by atoms with Gasteiger partial charge < -0.3 is 10.5 Å². The largest absolute Gasteiger partial charge is 0.379 e. The Kier molecular flexibility index (Phi) is 3.53. The molecule has 1 aliphatic rings. The van der Waals surface area contributed by atoms with Gasteiger partial charge in [-0.05, 0) is 35.9 Å². The van der Waals surface area contributed by atoms with Crippen LogP contribution in [-0.4, -0.2) is 26.0 Å². The molecule has 1 heterocycles. The van der Waals surface area contributed by atoms with Crippen molar-refractivity contribution >= 4 is 11.8 Å². The first-order valence-corrected chi connectivity index (χ1v) is 7.20. The lowest BCUT2D eigenvalue weighted by atomic mass is 9.60. The summed E-state index contributed by atoms with van der Waals surface area (Å²) in [5.41, 5.74) is 7.47. The van der Waals surface area contributed by atoms with Crippen molar-refractivity contribution in [3.05, 3.63) is 29.8 Å². The molecule has 1 fully saturated rings. The number of rotatable bonds is 4. The van der Waals surface area contributed by atoms with Crippen LogP contribution in [0.4, 0.5) is 0 Å². The fourth-order valence-electron chi connectivity index (χ4n) is 2.36. The fourth-order valence-corrected chi connectivity index (χ4v) is 2.77. The predicted octanol–water partition coefficient (Wildman–Crippen LogP) is 2.66. The van der Waals surface area contributed by atoms with Gasteiger partial charge in [0.1, 0.15) is 0 Å². The van der Waals surface area contributed by atoms with Crippen molar-refractivity contribution < 1.29 is 4.74 Å². The van der Waals surface area contributed by atoms with Crippen LogP contribution in [0.1, 0.15) is 19.4 Å². The van der Waals surface area contributed by atoms with E-state index in [1.54, 1.807) is 11.8 Å². The van der Waals surface area contributed by atoms with E-state index in [0.29, 0.717) is 6.54 Å². The molecule has 1 aliphatic heterocycles. The van der Waals surface area contributed by atoms with Crippen LogP contribution in [-0.2, 0) is 10.2 Å². The zero-order valence-electron chi connectivity index (χ0n) is 10.8. The zero-order chi connectivity index (χ0) is 12.5. The van der Waals surface area contributed by atoms with Crippen LogP contribution >= 0.6 is 11.8 Å². The third-order valence-corrected chi connectivity index (χ3v) is 4.89. The first kappa shape index (κ1) is 12.9. The summed E-state index contributed by atoms with van der Waals surface area (Å²) in [5, 5.41) is 0. The van der Waals surface area contributed by atoms with Crippen molar-refractivity contribution in [3.8, 4) is 0 Å². The summed E-state index contributed by atoms with van der Waals surface area (Å²) in [6.45, 7) is 6.72. The van der Waals surface area contributed by atoms with E-state index in [9.17, 15) is 0 Å². The second-order valence-electron chi connectivity index (χ2n) is 5.39. The minimum absolute atomic E-state index is 0.0755. The lowest BCUT2D eigenvalue weighted by Gasteiger charge is -2.52. The number of thioether (sulfide) groups is 1. The number of hydrogen-bond acceptors (Lipinski definition) is 3. The molecule has 1 aromatic rings. The van der Waals surface area contributed by atoms with Gasteiger partial charge in [0, 0.05) is 10.3 Å². The van der Waals surface area contributed by atoms with Crippen LogP contribution in [0.15, 0.2) is 29.2 Å². The first-order chi connectivity index (χ1) is 8.05. The fraction of sp³-hybridized carbons (Fsp3) is 0.571. The number of hydrogen-bond donors (Lipinski definition) is 1. The standard InChI is InChI=1S/C14H21NOS/c1-13(2,8-15)14(9-16-10-14)11-4-6-12(17-3)7-5-11/h4-7H,8-10,15H2,1-3H3. The van der Waals surface area contributed by atoms with Gasteiger partial charge in [0.2, 0.25) is 0 Å². The van der Waals surface area contributed by atoms with Crippen molar-refractivity contribution in [2.24, 2.45) is 11.1 Å². The van der Waals surface area contributed by atoms with E-state index in [0.717, 1.165) is 13.2 Å².